The molecule has 1 heteroatoms. The first-order valence-electron chi connectivity index (χ1n) is 7.94. The van der Waals surface area contributed by atoms with E-state index in [-0.39, 0.29) is 0 Å². The maximum Gasteiger partial charge on any atom is 0.105 e. The van der Waals surface area contributed by atoms with E-state index >= 15 is 0 Å². The van der Waals surface area contributed by atoms with E-state index in [1.54, 1.807) is 0 Å². The molecule has 105 valence electrons. The standard InChI is InChI=1S/C17H34B/c1-16(2,3)14-11-13(9-8-10-18-7)15(12-14)17(4,5)6/h13-15H,8-12H2,1-7H3. The maximum atomic E-state index is 2.45. The van der Waals surface area contributed by atoms with Gasteiger partial charge >= 0.3 is 0 Å². The van der Waals surface area contributed by atoms with Crippen LogP contribution in [0.15, 0.2) is 0 Å². The van der Waals surface area contributed by atoms with Gasteiger partial charge in [-0.25, -0.2) is 0 Å². The molecule has 0 spiro atoms. The van der Waals surface area contributed by atoms with Gasteiger partial charge in [-0.1, -0.05) is 67.5 Å². The van der Waals surface area contributed by atoms with Gasteiger partial charge in [0.15, 0.2) is 0 Å². The second-order valence-corrected chi connectivity index (χ2v) is 8.61. The third-order valence-electron chi connectivity index (χ3n) is 5.10. The van der Waals surface area contributed by atoms with Gasteiger partial charge in [0.25, 0.3) is 0 Å². The molecule has 0 aliphatic heterocycles. The molecule has 0 nitrogen and oxygen atoms in total. The fourth-order valence-corrected chi connectivity index (χ4v) is 3.80. The molecule has 0 amide bonds. The monoisotopic (exact) mass is 249 g/mol. The van der Waals surface area contributed by atoms with Gasteiger partial charge < -0.3 is 0 Å². The summed E-state index contributed by atoms with van der Waals surface area (Å²) in [5.74, 6) is 2.82. The molecule has 0 bridgehead atoms. The Morgan fingerprint density at radius 1 is 0.944 bits per heavy atom. The summed E-state index contributed by atoms with van der Waals surface area (Å²) in [6, 6.07) is 0. The second kappa shape index (κ2) is 6.01. The molecule has 0 aromatic heterocycles. The summed E-state index contributed by atoms with van der Waals surface area (Å²) >= 11 is 0. The van der Waals surface area contributed by atoms with E-state index < -0.39 is 0 Å². The van der Waals surface area contributed by atoms with Gasteiger partial charge in [-0.05, 0) is 41.4 Å². The highest BCUT2D eigenvalue weighted by molar-refractivity contribution is 6.33. The van der Waals surface area contributed by atoms with Crippen LogP contribution in [-0.4, -0.2) is 7.28 Å². The van der Waals surface area contributed by atoms with Crippen LogP contribution in [0.3, 0.4) is 0 Å². The molecule has 1 aliphatic carbocycles. The Balaban J connectivity index is 2.67. The summed E-state index contributed by atoms with van der Waals surface area (Å²) in [5.41, 5.74) is 0.982. The minimum atomic E-state index is 0.487. The van der Waals surface area contributed by atoms with Crippen LogP contribution < -0.4 is 0 Å². The van der Waals surface area contributed by atoms with Crippen LogP contribution in [-0.2, 0) is 0 Å². The Bertz CT molecular complexity index is 243. The lowest BCUT2D eigenvalue weighted by molar-refractivity contribution is 0.170. The van der Waals surface area contributed by atoms with Crippen molar-refractivity contribution < 1.29 is 0 Å². The molecule has 1 aliphatic rings. The minimum Gasteiger partial charge on any atom is -0.0920 e. The van der Waals surface area contributed by atoms with Crippen LogP contribution in [0, 0.1) is 28.6 Å². The first-order chi connectivity index (χ1) is 8.16. The van der Waals surface area contributed by atoms with E-state index in [0.717, 1.165) is 17.8 Å². The highest BCUT2D eigenvalue weighted by atomic mass is 14.5. The highest BCUT2D eigenvalue weighted by Crippen LogP contribution is 2.52. The molecule has 1 fully saturated rings. The summed E-state index contributed by atoms with van der Waals surface area (Å²) < 4.78 is 0. The van der Waals surface area contributed by atoms with Crippen LogP contribution >= 0.6 is 0 Å². The molecule has 0 aromatic rings. The molecule has 3 unspecified atom stereocenters. The predicted molar refractivity (Wildman–Crippen MR) is 84.3 cm³/mol. The zero-order valence-corrected chi connectivity index (χ0v) is 13.8. The highest BCUT2D eigenvalue weighted by Gasteiger charge is 2.43. The molecular formula is C17H34B. The maximum absolute atomic E-state index is 2.45. The largest absolute Gasteiger partial charge is 0.105 e. The van der Waals surface area contributed by atoms with Crippen molar-refractivity contribution in [3.63, 3.8) is 0 Å². The van der Waals surface area contributed by atoms with Crippen molar-refractivity contribution in [1.29, 1.82) is 0 Å². The normalized spacial score (nSPS) is 29.6. The van der Waals surface area contributed by atoms with Crippen molar-refractivity contribution >= 4 is 7.28 Å². The molecule has 0 N–H and O–H groups in total. The van der Waals surface area contributed by atoms with Crippen molar-refractivity contribution in [2.24, 2.45) is 28.6 Å². The van der Waals surface area contributed by atoms with E-state index in [0.29, 0.717) is 10.8 Å². The average Bonchev–Trinajstić information content (AvgIpc) is 2.61. The lowest BCUT2D eigenvalue weighted by atomic mass is 9.71. The Kier molecular flexibility index (Phi) is 5.38. The first-order valence-corrected chi connectivity index (χ1v) is 7.94. The third-order valence-corrected chi connectivity index (χ3v) is 5.10. The molecule has 0 aromatic carbocycles. The summed E-state index contributed by atoms with van der Waals surface area (Å²) in [6.07, 6.45) is 7.06. The van der Waals surface area contributed by atoms with Gasteiger partial charge in [-0.3, -0.25) is 0 Å². The number of hydrogen-bond donors (Lipinski definition) is 0. The molecule has 1 rings (SSSR count). The molecular weight excluding hydrogens is 215 g/mol. The van der Waals surface area contributed by atoms with Crippen LogP contribution in [0.2, 0.25) is 13.1 Å². The fraction of sp³-hybridized carbons (Fsp3) is 1.00. The molecule has 0 saturated heterocycles. The Morgan fingerprint density at radius 3 is 2.00 bits per heavy atom. The smallest absolute Gasteiger partial charge is 0.0920 e. The first kappa shape index (κ1) is 16.1. The van der Waals surface area contributed by atoms with Crippen LogP contribution in [0.1, 0.15) is 67.2 Å². The SMILES string of the molecule is C[B]CCCC1CC(C(C)(C)C)CC1C(C)(C)C. The molecule has 1 saturated carbocycles. The summed E-state index contributed by atoms with van der Waals surface area (Å²) in [5, 5.41) is 0. The zero-order valence-electron chi connectivity index (χ0n) is 13.8. The van der Waals surface area contributed by atoms with Gasteiger partial charge in [0.2, 0.25) is 0 Å². The Hall–Kier alpha value is 0.0649. The van der Waals surface area contributed by atoms with Gasteiger partial charge in [0, 0.05) is 0 Å². The minimum absolute atomic E-state index is 0.487. The number of hydrogen-bond acceptors (Lipinski definition) is 0. The van der Waals surface area contributed by atoms with E-state index in [4.69, 9.17) is 0 Å². The Labute approximate surface area is 117 Å². The fourth-order valence-electron chi connectivity index (χ4n) is 3.80. The van der Waals surface area contributed by atoms with Crippen molar-refractivity contribution in [2.45, 2.75) is 80.4 Å². The summed E-state index contributed by atoms with van der Waals surface area (Å²) in [6.45, 7) is 16.8. The van der Waals surface area contributed by atoms with Gasteiger partial charge in [-0.15, -0.1) is 0 Å². The quantitative estimate of drug-likeness (QED) is 0.444. The summed E-state index contributed by atoms with van der Waals surface area (Å²) in [4.78, 5) is 0. The van der Waals surface area contributed by atoms with Gasteiger partial charge in [-0.2, -0.15) is 0 Å². The number of rotatable bonds is 4. The van der Waals surface area contributed by atoms with Crippen LogP contribution in [0.25, 0.3) is 0 Å². The molecule has 18 heavy (non-hydrogen) atoms. The van der Waals surface area contributed by atoms with Crippen molar-refractivity contribution in [3.05, 3.63) is 0 Å². The lowest BCUT2D eigenvalue weighted by Gasteiger charge is -2.33. The van der Waals surface area contributed by atoms with Crippen molar-refractivity contribution in [2.75, 3.05) is 0 Å². The predicted octanol–water partition coefficient (Wildman–Crippen LogP) is 5.67. The average molecular weight is 249 g/mol. The molecule has 1 radical (unpaired) electrons. The third kappa shape index (κ3) is 4.32. The summed E-state index contributed by atoms with van der Waals surface area (Å²) in [7, 11) is 2.32. The Morgan fingerprint density at radius 2 is 1.56 bits per heavy atom. The molecule has 0 heterocycles. The second-order valence-electron chi connectivity index (χ2n) is 8.61. The van der Waals surface area contributed by atoms with Gasteiger partial charge in [0.05, 0.1) is 0 Å². The van der Waals surface area contributed by atoms with Crippen LogP contribution in [0.4, 0.5) is 0 Å². The van der Waals surface area contributed by atoms with Crippen molar-refractivity contribution in [1.82, 2.24) is 0 Å². The van der Waals surface area contributed by atoms with Crippen LogP contribution in [0.5, 0.6) is 0 Å². The molecule has 3 atom stereocenters. The van der Waals surface area contributed by atoms with E-state index in [1.165, 1.54) is 32.0 Å². The zero-order chi connectivity index (χ0) is 14.0. The lowest BCUT2D eigenvalue weighted by Crippen LogP contribution is -2.24. The topological polar surface area (TPSA) is 0 Å². The van der Waals surface area contributed by atoms with Gasteiger partial charge in [0.1, 0.15) is 7.28 Å². The van der Waals surface area contributed by atoms with Crippen molar-refractivity contribution in [3.8, 4) is 0 Å². The van der Waals surface area contributed by atoms with E-state index in [9.17, 15) is 0 Å². The van der Waals surface area contributed by atoms with E-state index in [1.807, 2.05) is 0 Å². The van der Waals surface area contributed by atoms with E-state index in [2.05, 4.69) is 55.6 Å².